The largest absolute Gasteiger partial charge is 0.469 e. The van der Waals surface area contributed by atoms with E-state index in [1.807, 2.05) is 0 Å². The Morgan fingerprint density at radius 3 is 2.37 bits per heavy atom. The summed E-state index contributed by atoms with van der Waals surface area (Å²) >= 11 is 0. The molecule has 0 saturated carbocycles. The van der Waals surface area contributed by atoms with Crippen molar-refractivity contribution in [2.75, 3.05) is 7.11 Å². The molecular weight excluding hydrogens is 261 g/mol. The Morgan fingerprint density at radius 1 is 1.26 bits per heavy atom. The summed E-state index contributed by atoms with van der Waals surface area (Å²) in [5.74, 6) is -0.875. The average Bonchev–Trinajstić information content (AvgIpc) is 2.34. The standard InChI is InChI=1S/C13H13F3O3/c1-8(17)11-5-4-10(13(14,15)16)7-9(11)3-6-12(18)19-2/h4-5,7H,3,6H2,1-2H3. The predicted octanol–water partition coefficient (Wildman–Crippen LogP) is 3.01. The molecule has 0 radical (unpaired) electrons. The van der Waals surface area contributed by atoms with Gasteiger partial charge < -0.3 is 4.74 Å². The van der Waals surface area contributed by atoms with Gasteiger partial charge in [-0.3, -0.25) is 9.59 Å². The lowest BCUT2D eigenvalue weighted by molar-refractivity contribution is -0.140. The number of rotatable bonds is 4. The van der Waals surface area contributed by atoms with Crippen molar-refractivity contribution >= 4 is 11.8 Å². The van der Waals surface area contributed by atoms with Crippen molar-refractivity contribution < 1.29 is 27.5 Å². The van der Waals surface area contributed by atoms with E-state index in [1.54, 1.807) is 0 Å². The monoisotopic (exact) mass is 274 g/mol. The van der Waals surface area contributed by atoms with Crippen LogP contribution in [-0.2, 0) is 22.1 Å². The van der Waals surface area contributed by atoms with Crippen LogP contribution in [0.2, 0.25) is 0 Å². The maximum Gasteiger partial charge on any atom is 0.416 e. The molecule has 3 nitrogen and oxygen atoms in total. The van der Waals surface area contributed by atoms with E-state index in [0.717, 1.165) is 18.2 Å². The van der Waals surface area contributed by atoms with Gasteiger partial charge in [-0.25, -0.2) is 0 Å². The van der Waals surface area contributed by atoms with Crippen molar-refractivity contribution in [2.24, 2.45) is 0 Å². The molecule has 0 unspecified atom stereocenters. The first-order valence-corrected chi connectivity index (χ1v) is 5.53. The molecule has 1 rings (SSSR count). The average molecular weight is 274 g/mol. The summed E-state index contributed by atoms with van der Waals surface area (Å²) in [4.78, 5) is 22.4. The Balaban J connectivity index is 3.09. The Labute approximate surface area is 108 Å². The van der Waals surface area contributed by atoms with Crippen molar-refractivity contribution in [2.45, 2.75) is 25.9 Å². The molecule has 0 heterocycles. The smallest absolute Gasteiger partial charge is 0.416 e. The first-order chi connectivity index (χ1) is 8.75. The summed E-state index contributed by atoms with van der Waals surface area (Å²) in [6.07, 6.45) is -4.51. The van der Waals surface area contributed by atoms with E-state index in [4.69, 9.17) is 0 Å². The molecule has 0 aliphatic carbocycles. The molecule has 0 amide bonds. The lowest BCUT2D eigenvalue weighted by atomic mass is 9.97. The second-order valence-corrected chi connectivity index (χ2v) is 4.00. The van der Waals surface area contributed by atoms with Crippen LogP contribution in [0, 0.1) is 0 Å². The van der Waals surface area contributed by atoms with Crippen LogP contribution in [0.3, 0.4) is 0 Å². The van der Waals surface area contributed by atoms with Gasteiger partial charge in [-0.2, -0.15) is 13.2 Å². The molecule has 0 fully saturated rings. The van der Waals surface area contributed by atoms with E-state index in [2.05, 4.69) is 4.74 Å². The van der Waals surface area contributed by atoms with Gasteiger partial charge >= 0.3 is 12.1 Å². The van der Waals surface area contributed by atoms with Crippen molar-refractivity contribution in [1.29, 1.82) is 0 Å². The molecule has 0 saturated heterocycles. The number of carbonyl (C=O) groups is 2. The Hall–Kier alpha value is -1.85. The summed E-state index contributed by atoms with van der Waals surface area (Å²) in [7, 11) is 1.19. The topological polar surface area (TPSA) is 43.4 Å². The van der Waals surface area contributed by atoms with E-state index in [-0.39, 0.29) is 29.8 Å². The van der Waals surface area contributed by atoms with Gasteiger partial charge in [0.25, 0.3) is 0 Å². The highest BCUT2D eigenvalue weighted by atomic mass is 19.4. The summed E-state index contributed by atoms with van der Waals surface area (Å²) in [6, 6.07) is 2.90. The maximum atomic E-state index is 12.6. The highest BCUT2D eigenvalue weighted by molar-refractivity contribution is 5.95. The zero-order chi connectivity index (χ0) is 14.6. The number of methoxy groups -OCH3 is 1. The van der Waals surface area contributed by atoms with Crippen LogP contribution in [0.1, 0.15) is 34.8 Å². The second kappa shape index (κ2) is 5.86. The van der Waals surface area contributed by atoms with Crippen LogP contribution in [0.25, 0.3) is 0 Å². The minimum absolute atomic E-state index is 0.0332. The zero-order valence-corrected chi connectivity index (χ0v) is 10.5. The molecule has 0 atom stereocenters. The predicted molar refractivity (Wildman–Crippen MR) is 61.8 cm³/mol. The van der Waals surface area contributed by atoms with Gasteiger partial charge in [0.1, 0.15) is 0 Å². The summed E-state index contributed by atoms with van der Waals surface area (Å²) < 4.78 is 42.2. The molecule has 6 heteroatoms. The third-order valence-electron chi connectivity index (χ3n) is 2.64. The van der Waals surface area contributed by atoms with Gasteiger partial charge in [0, 0.05) is 12.0 Å². The quantitative estimate of drug-likeness (QED) is 0.626. The van der Waals surface area contributed by atoms with Crippen LogP contribution < -0.4 is 0 Å². The summed E-state index contributed by atoms with van der Waals surface area (Å²) in [5.41, 5.74) is -0.443. The minimum Gasteiger partial charge on any atom is -0.469 e. The third kappa shape index (κ3) is 4.08. The first kappa shape index (κ1) is 15.2. The van der Waals surface area contributed by atoms with Crippen LogP contribution in [0.4, 0.5) is 13.2 Å². The van der Waals surface area contributed by atoms with Gasteiger partial charge in [0.2, 0.25) is 0 Å². The number of halogens is 3. The van der Waals surface area contributed by atoms with Crippen molar-refractivity contribution in [3.63, 3.8) is 0 Å². The fraction of sp³-hybridized carbons (Fsp3) is 0.385. The van der Waals surface area contributed by atoms with Gasteiger partial charge in [-0.15, -0.1) is 0 Å². The van der Waals surface area contributed by atoms with Crippen molar-refractivity contribution in [3.8, 4) is 0 Å². The van der Waals surface area contributed by atoms with Gasteiger partial charge in [0.05, 0.1) is 12.7 Å². The molecule has 1 aromatic carbocycles. The molecule has 104 valence electrons. The molecule has 19 heavy (non-hydrogen) atoms. The third-order valence-corrected chi connectivity index (χ3v) is 2.64. The lowest BCUT2D eigenvalue weighted by Gasteiger charge is -2.11. The lowest BCUT2D eigenvalue weighted by Crippen LogP contribution is -2.10. The fourth-order valence-corrected chi connectivity index (χ4v) is 1.66. The number of carbonyl (C=O) groups excluding carboxylic acids is 2. The first-order valence-electron chi connectivity index (χ1n) is 5.53. The van der Waals surface area contributed by atoms with Crippen LogP contribution in [0.5, 0.6) is 0 Å². The number of benzene rings is 1. The van der Waals surface area contributed by atoms with E-state index < -0.39 is 17.7 Å². The Bertz CT molecular complexity index is 492. The number of ketones is 1. The normalized spacial score (nSPS) is 11.2. The van der Waals surface area contributed by atoms with Crippen molar-refractivity contribution in [1.82, 2.24) is 0 Å². The maximum absolute atomic E-state index is 12.6. The fourth-order valence-electron chi connectivity index (χ4n) is 1.66. The zero-order valence-electron chi connectivity index (χ0n) is 10.5. The molecule has 1 aromatic rings. The molecule has 0 N–H and O–H groups in total. The van der Waals surface area contributed by atoms with E-state index in [1.165, 1.54) is 14.0 Å². The molecular formula is C13H13F3O3. The van der Waals surface area contributed by atoms with Gasteiger partial charge in [-0.05, 0) is 31.0 Å². The summed E-state index contributed by atoms with van der Waals surface area (Å²) in [6.45, 7) is 1.27. The van der Waals surface area contributed by atoms with E-state index >= 15 is 0 Å². The molecule has 0 aromatic heterocycles. The number of aryl methyl sites for hydroxylation is 1. The number of hydrogen-bond donors (Lipinski definition) is 0. The number of ether oxygens (including phenoxy) is 1. The number of alkyl halides is 3. The van der Waals surface area contributed by atoms with E-state index in [0.29, 0.717) is 0 Å². The molecule has 0 aliphatic rings. The van der Waals surface area contributed by atoms with Crippen molar-refractivity contribution in [3.05, 3.63) is 34.9 Å². The molecule has 0 bridgehead atoms. The highest BCUT2D eigenvalue weighted by Gasteiger charge is 2.31. The second-order valence-electron chi connectivity index (χ2n) is 4.00. The van der Waals surface area contributed by atoms with Crippen LogP contribution >= 0.6 is 0 Å². The van der Waals surface area contributed by atoms with E-state index in [9.17, 15) is 22.8 Å². The number of Topliss-reactive ketones (excluding diaryl/α,β-unsaturated/α-hetero) is 1. The van der Waals surface area contributed by atoms with Crippen LogP contribution in [-0.4, -0.2) is 18.9 Å². The molecule has 0 aliphatic heterocycles. The SMILES string of the molecule is COC(=O)CCc1cc(C(F)(F)F)ccc1C(C)=O. The molecule has 0 spiro atoms. The Kier molecular flexibility index (Phi) is 4.69. The van der Waals surface area contributed by atoms with Crippen LogP contribution in [0.15, 0.2) is 18.2 Å². The number of hydrogen-bond acceptors (Lipinski definition) is 3. The minimum atomic E-state index is -4.48. The number of esters is 1. The highest BCUT2D eigenvalue weighted by Crippen LogP contribution is 2.31. The summed E-state index contributed by atoms with van der Waals surface area (Å²) in [5, 5.41) is 0. The van der Waals surface area contributed by atoms with Gasteiger partial charge in [-0.1, -0.05) is 6.07 Å². The van der Waals surface area contributed by atoms with Gasteiger partial charge in [0.15, 0.2) is 5.78 Å². The Morgan fingerprint density at radius 2 is 1.89 bits per heavy atom.